The fraction of sp³-hybridized carbons (Fsp3) is 0.571. The van der Waals surface area contributed by atoms with Gasteiger partial charge in [0, 0.05) is 6.04 Å². The Morgan fingerprint density at radius 3 is 2.42 bits per heavy atom. The number of likely N-dealkylation sites (N-methyl/N-ethyl adjacent to an activating group) is 1. The van der Waals surface area contributed by atoms with Gasteiger partial charge in [0.2, 0.25) is 10.0 Å². The van der Waals surface area contributed by atoms with Crippen molar-refractivity contribution in [2.24, 2.45) is 11.1 Å². The third-order valence-electron chi connectivity index (χ3n) is 2.99. The normalized spacial score (nSPS) is 13.7. The molecule has 0 aliphatic heterocycles. The van der Waals surface area contributed by atoms with E-state index >= 15 is 0 Å². The summed E-state index contributed by atoms with van der Waals surface area (Å²) in [7, 11) is -3.65. The van der Waals surface area contributed by atoms with Gasteiger partial charge in [0.05, 0.1) is 4.90 Å². The van der Waals surface area contributed by atoms with Crippen LogP contribution in [0, 0.1) is 5.92 Å². The van der Waals surface area contributed by atoms with Gasteiger partial charge in [0.1, 0.15) is 0 Å². The topological polar surface area (TPSA) is 72.2 Å². The Hall–Kier alpha value is -0.910. The highest BCUT2D eigenvalue weighted by molar-refractivity contribution is 7.89. The largest absolute Gasteiger partial charge is 0.314 e. The number of rotatable bonds is 7. The highest BCUT2D eigenvalue weighted by Crippen LogP contribution is 2.18. The van der Waals surface area contributed by atoms with E-state index in [0.717, 1.165) is 18.5 Å². The summed E-state index contributed by atoms with van der Waals surface area (Å²) in [6.45, 7) is 7.25. The number of hydrogen-bond acceptors (Lipinski definition) is 3. The minimum absolute atomic E-state index is 0.238. The molecule has 1 rings (SSSR count). The average Bonchev–Trinajstić information content (AvgIpc) is 2.27. The van der Waals surface area contributed by atoms with Crippen LogP contribution >= 0.6 is 0 Å². The third-order valence-corrected chi connectivity index (χ3v) is 4.01. The van der Waals surface area contributed by atoms with Crippen LogP contribution in [0.5, 0.6) is 0 Å². The van der Waals surface area contributed by atoms with E-state index in [9.17, 15) is 8.42 Å². The molecule has 0 amide bonds. The molecule has 1 aromatic rings. The molecular formula is C14H24N2O2S. The predicted molar refractivity (Wildman–Crippen MR) is 78.4 cm³/mol. The summed E-state index contributed by atoms with van der Waals surface area (Å²) in [5, 5.41) is 8.67. The lowest BCUT2D eigenvalue weighted by Crippen LogP contribution is -2.33. The molecule has 5 heteroatoms. The molecule has 1 aromatic carbocycles. The van der Waals surface area contributed by atoms with Crippen molar-refractivity contribution in [2.45, 2.75) is 44.6 Å². The number of primary sulfonamides is 1. The highest BCUT2D eigenvalue weighted by atomic mass is 32.2. The lowest BCUT2D eigenvalue weighted by atomic mass is 9.97. The smallest absolute Gasteiger partial charge is 0.238 e. The van der Waals surface area contributed by atoms with Crippen molar-refractivity contribution in [3.63, 3.8) is 0 Å². The number of sulfonamides is 1. The van der Waals surface area contributed by atoms with Crippen LogP contribution in [0.2, 0.25) is 0 Å². The number of hydrogen-bond donors (Lipinski definition) is 2. The molecule has 3 N–H and O–H groups in total. The zero-order chi connectivity index (χ0) is 14.5. The number of nitrogens with one attached hydrogen (secondary N) is 1. The molecule has 0 aliphatic rings. The Kier molecular flexibility index (Phi) is 5.97. The standard InChI is InChI=1S/C14H24N2O2S/c1-4-16-13(9-11(2)3)10-12-7-5-6-8-14(12)19(15,17)18/h5-8,11,13,16H,4,9-10H2,1-3H3,(H2,15,17,18). The molecule has 0 radical (unpaired) electrons. The van der Waals surface area contributed by atoms with Gasteiger partial charge in [-0.15, -0.1) is 0 Å². The van der Waals surface area contributed by atoms with Crippen LogP contribution in [0.3, 0.4) is 0 Å². The van der Waals surface area contributed by atoms with Gasteiger partial charge >= 0.3 is 0 Å². The van der Waals surface area contributed by atoms with Gasteiger partial charge in [-0.25, -0.2) is 13.6 Å². The zero-order valence-electron chi connectivity index (χ0n) is 11.9. The Balaban J connectivity index is 2.96. The van der Waals surface area contributed by atoms with Crippen LogP contribution in [-0.4, -0.2) is 21.0 Å². The van der Waals surface area contributed by atoms with Crippen molar-refractivity contribution in [3.8, 4) is 0 Å². The summed E-state index contributed by atoms with van der Waals surface area (Å²) in [4.78, 5) is 0.238. The maximum absolute atomic E-state index is 11.6. The lowest BCUT2D eigenvalue weighted by molar-refractivity contribution is 0.422. The van der Waals surface area contributed by atoms with E-state index in [-0.39, 0.29) is 10.9 Å². The molecule has 0 bridgehead atoms. The third kappa shape index (κ3) is 5.30. The second-order valence-corrected chi connectivity index (χ2v) is 6.77. The average molecular weight is 284 g/mol. The summed E-state index contributed by atoms with van der Waals surface area (Å²) in [6, 6.07) is 7.23. The SMILES string of the molecule is CCNC(Cc1ccccc1S(N)(=O)=O)CC(C)C. The summed E-state index contributed by atoms with van der Waals surface area (Å²) in [6.07, 6.45) is 1.69. The summed E-state index contributed by atoms with van der Waals surface area (Å²) in [5.41, 5.74) is 0.789. The van der Waals surface area contributed by atoms with Crippen molar-refractivity contribution in [3.05, 3.63) is 29.8 Å². The molecule has 4 nitrogen and oxygen atoms in total. The maximum atomic E-state index is 11.6. The first-order chi connectivity index (χ1) is 8.84. The van der Waals surface area contributed by atoms with Crippen LogP contribution in [0.1, 0.15) is 32.8 Å². The Morgan fingerprint density at radius 2 is 1.89 bits per heavy atom. The molecule has 0 heterocycles. The van der Waals surface area contributed by atoms with Crippen LogP contribution in [-0.2, 0) is 16.4 Å². The van der Waals surface area contributed by atoms with Crippen molar-refractivity contribution < 1.29 is 8.42 Å². The second-order valence-electron chi connectivity index (χ2n) is 5.24. The summed E-state index contributed by atoms with van der Waals surface area (Å²) in [5.74, 6) is 0.561. The minimum atomic E-state index is -3.65. The molecule has 0 aromatic heterocycles. The molecule has 0 saturated heterocycles. The van der Waals surface area contributed by atoms with Crippen LogP contribution in [0.4, 0.5) is 0 Å². The Morgan fingerprint density at radius 1 is 1.26 bits per heavy atom. The van der Waals surface area contributed by atoms with E-state index in [4.69, 9.17) is 5.14 Å². The van der Waals surface area contributed by atoms with Gasteiger partial charge in [-0.05, 0) is 36.9 Å². The van der Waals surface area contributed by atoms with Gasteiger partial charge in [-0.1, -0.05) is 39.0 Å². The van der Waals surface area contributed by atoms with E-state index < -0.39 is 10.0 Å². The van der Waals surface area contributed by atoms with E-state index in [1.165, 1.54) is 0 Å². The fourth-order valence-corrected chi connectivity index (χ4v) is 3.10. The van der Waals surface area contributed by atoms with Crippen molar-refractivity contribution in [2.75, 3.05) is 6.54 Å². The monoisotopic (exact) mass is 284 g/mol. The van der Waals surface area contributed by atoms with Crippen LogP contribution in [0.25, 0.3) is 0 Å². The summed E-state index contributed by atoms with van der Waals surface area (Å²) >= 11 is 0. The van der Waals surface area contributed by atoms with Crippen molar-refractivity contribution >= 4 is 10.0 Å². The molecular weight excluding hydrogens is 260 g/mol. The molecule has 0 fully saturated rings. The maximum Gasteiger partial charge on any atom is 0.238 e. The Labute approximate surface area is 116 Å². The van der Waals surface area contributed by atoms with E-state index in [0.29, 0.717) is 12.3 Å². The first-order valence-corrected chi connectivity index (χ1v) is 8.23. The lowest BCUT2D eigenvalue weighted by Gasteiger charge is -2.21. The van der Waals surface area contributed by atoms with Crippen molar-refractivity contribution in [1.29, 1.82) is 0 Å². The molecule has 108 valence electrons. The number of benzene rings is 1. The molecule has 0 aliphatic carbocycles. The first kappa shape index (κ1) is 16.1. The number of nitrogens with two attached hydrogens (primary N) is 1. The second kappa shape index (κ2) is 7.03. The minimum Gasteiger partial charge on any atom is -0.314 e. The van der Waals surface area contributed by atoms with Gasteiger partial charge < -0.3 is 5.32 Å². The van der Waals surface area contributed by atoms with E-state index in [1.54, 1.807) is 12.1 Å². The van der Waals surface area contributed by atoms with Gasteiger partial charge in [-0.2, -0.15) is 0 Å². The fourth-order valence-electron chi connectivity index (χ4n) is 2.31. The van der Waals surface area contributed by atoms with Crippen LogP contribution in [0.15, 0.2) is 29.2 Å². The molecule has 1 unspecified atom stereocenters. The first-order valence-electron chi connectivity index (χ1n) is 6.68. The highest BCUT2D eigenvalue weighted by Gasteiger charge is 2.17. The molecule has 0 spiro atoms. The van der Waals surface area contributed by atoms with E-state index in [1.807, 2.05) is 12.1 Å². The van der Waals surface area contributed by atoms with Gasteiger partial charge in [0.15, 0.2) is 0 Å². The van der Waals surface area contributed by atoms with Crippen LogP contribution < -0.4 is 10.5 Å². The predicted octanol–water partition coefficient (Wildman–Crippen LogP) is 1.90. The van der Waals surface area contributed by atoms with Gasteiger partial charge in [-0.3, -0.25) is 0 Å². The quantitative estimate of drug-likeness (QED) is 0.803. The molecule has 19 heavy (non-hydrogen) atoms. The molecule has 0 saturated carbocycles. The Bertz CT molecular complexity index is 498. The summed E-state index contributed by atoms with van der Waals surface area (Å²) < 4.78 is 23.1. The molecule has 1 atom stereocenters. The van der Waals surface area contributed by atoms with Crippen molar-refractivity contribution in [1.82, 2.24) is 5.32 Å². The van der Waals surface area contributed by atoms with E-state index in [2.05, 4.69) is 26.1 Å². The zero-order valence-corrected chi connectivity index (χ0v) is 12.7. The van der Waals surface area contributed by atoms with Gasteiger partial charge in [0.25, 0.3) is 0 Å².